The number of carbonyl (C=O) groups excluding carboxylic acids is 1. The molecule has 2 aromatic heterocycles. The average Bonchev–Trinajstić information content (AvgIpc) is 3.05. The first-order valence-corrected chi connectivity index (χ1v) is 9.53. The lowest BCUT2D eigenvalue weighted by atomic mass is 10.3. The van der Waals surface area contributed by atoms with Gasteiger partial charge in [0.2, 0.25) is 5.91 Å². The number of anilines is 1. The Kier molecular flexibility index (Phi) is 4.93. The molecule has 0 radical (unpaired) electrons. The number of likely N-dealkylation sites (N-methyl/N-ethyl adjacent to an activating group) is 1. The minimum atomic E-state index is -0.215. The topological polar surface area (TPSA) is 55.2 Å². The molecule has 24 heavy (non-hydrogen) atoms. The second-order valence-electron chi connectivity index (χ2n) is 5.06. The van der Waals surface area contributed by atoms with Gasteiger partial charge in [-0.05, 0) is 35.9 Å². The third-order valence-corrected chi connectivity index (χ3v) is 5.38. The van der Waals surface area contributed by atoms with Gasteiger partial charge in [-0.1, -0.05) is 29.4 Å². The Hall–Kier alpha value is -1.83. The third-order valence-electron chi connectivity index (χ3n) is 3.58. The standard InChI is InChI=1S/C16H14ClN3O2S2/c1-19(11-5-3-4-10(17)8-11)13(21)9-20-15(22)14-12(6-7-24-14)18-16(20)23-2/h3-8H,9H2,1-2H3. The molecule has 0 aliphatic carbocycles. The SMILES string of the molecule is CSc1nc2ccsc2c(=O)n1CC(=O)N(C)c1cccc(Cl)c1. The Bertz CT molecular complexity index is 967. The lowest BCUT2D eigenvalue weighted by molar-refractivity contribution is -0.119. The van der Waals surface area contributed by atoms with E-state index in [9.17, 15) is 9.59 Å². The average molecular weight is 380 g/mol. The van der Waals surface area contributed by atoms with Crippen LogP contribution >= 0.6 is 34.7 Å². The van der Waals surface area contributed by atoms with Crippen molar-refractivity contribution in [2.24, 2.45) is 0 Å². The van der Waals surface area contributed by atoms with E-state index in [4.69, 9.17) is 11.6 Å². The second-order valence-corrected chi connectivity index (χ2v) is 7.18. The van der Waals surface area contributed by atoms with Crippen molar-refractivity contribution in [1.29, 1.82) is 0 Å². The number of nitrogens with zero attached hydrogens (tertiary/aromatic N) is 3. The molecule has 0 N–H and O–H groups in total. The molecule has 1 amide bonds. The van der Waals surface area contributed by atoms with E-state index >= 15 is 0 Å². The van der Waals surface area contributed by atoms with E-state index in [-0.39, 0.29) is 18.0 Å². The van der Waals surface area contributed by atoms with Crippen molar-refractivity contribution >= 4 is 56.5 Å². The molecule has 3 aromatic rings. The number of hydrogen-bond acceptors (Lipinski definition) is 5. The van der Waals surface area contributed by atoms with Crippen molar-refractivity contribution in [2.75, 3.05) is 18.2 Å². The summed E-state index contributed by atoms with van der Waals surface area (Å²) in [6, 6.07) is 8.83. The van der Waals surface area contributed by atoms with Crippen LogP contribution in [0.25, 0.3) is 10.2 Å². The van der Waals surface area contributed by atoms with E-state index in [0.29, 0.717) is 26.1 Å². The molecule has 0 saturated carbocycles. The molecular formula is C16H14ClN3O2S2. The maximum atomic E-state index is 12.6. The van der Waals surface area contributed by atoms with Gasteiger partial charge >= 0.3 is 0 Å². The maximum absolute atomic E-state index is 12.6. The highest BCUT2D eigenvalue weighted by Crippen LogP contribution is 2.21. The molecule has 0 saturated heterocycles. The van der Waals surface area contributed by atoms with Crippen LogP contribution in [0.5, 0.6) is 0 Å². The lowest BCUT2D eigenvalue weighted by Gasteiger charge is -2.19. The molecule has 0 aliphatic rings. The molecule has 1 aromatic carbocycles. The van der Waals surface area contributed by atoms with Gasteiger partial charge in [0.25, 0.3) is 5.56 Å². The van der Waals surface area contributed by atoms with Crippen LogP contribution < -0.4 is 10.5 Å². The number of benzene rings is 1. The number of fused-ring (bicyclic) bond motifs is 1. The zero-order valence-corrected chi connectivity index (χ0v) is 15.4. The number of rotatable bonds is 4. The summed E-state index contributed by atoms with van der Waals surface area (Å²) in [4.78, 5) is 31.2. The number of amides is 1. The summed E-state index contributed by atoms with van der Waals surface area (Å²) in [6.45, 7) is -0.0706. The zero-order chi connectivity index (χ0) is 17.3. The number of thiophene rings is 1. The molecule has 0 bridgehead atoms. The van der Waals surface area contributed by atoms with Gasteiger partial charge in [-0.2, -0.15) is 0 Å². The zero-order valence-electron chi connectivity index (χ0n) is 13.0. The van der Waals surface area contributed by atoms with Crippen LogP contribution in [-0.2, 0) is 11.3 Å². The first-order chi connectivity index (χ1) is 11.5. The number of thioether (sulfide) groups is 1. The first kappa shape index (κ1) is 17.0. The number of halogens is 1. The summed E-state index contributed by atoms with van der Waals surface area (Å²) in [6.07, 6.45) is 1.83. The van der Waals surface area contributed by atoms with E-state index in [0.717, 1.165) is 0 Å². The van der Waals surface area contributed by atoms with Gasteiger partial charge in [0.05, 0.1) is 5.52 Å². The minimum absolute atomic E-state index is 0.0706. The predicted octanol–water partition coefficient (Wildman–Crippen LogP) is 3.50. The molecule has 0 spiro atoms. The fourth-order valence-electron chi connectivity index (χ4n) is 2.29. The Labute approximate surface area is 151 Å². The smallest absolute Gasteiger partial charge is 0.272 e. The second kappa shape index (κ2) is 6.96. The number of aromatic nitrogens is 2. The molecule has 124 valence electrons. The van der Waals surface area contributed by atoms with Gasteiger partial charge < -0.3 is 4.90 Å². The first-order valence-electron chi connectivity index (χ1n) is 7.05. The van der Waals surface area contributed by atoms with Crippen LogP contribution in [0.4, 0.5) is 5.69 Å². The van der Waals surface area contributed by atoms with Crippen molar-refractivity contribution in [1.82, 2.24) is 9.55 Å². The van der Waals surface area contributed by atoms with Gasteiger partial charge in [0.15, 0.2) is 5.16 Å². The van der Waals surface area contributed by atoms with Crippen LogP contribution in [-0.4, -0.2) is 28.8 Å². The largest absolute Gasteiger partial charge is 0.314 e. The fourth-order valence-corrected chi connectivity index (χ4v) is 3.81. The highest BCUT2D eigenvalue weighted by atomic mass is 35.5. The van der Waals surface area contributed by atoms with E-state index in [1.54, 1.807) is 31.3 Å². The van der Waals surface area contributed by atoms with Crippen LogP contribution in [0.15, 0.2) is 45.7 Å². The molecular weight excluding hydrogens is 366 g/mol. The summed E-state index contributed by atoms with van der Waals surface area (Å²) in [5, 5.41) is 2.91. The third kappa shape index (κ3) is 3.19. The quantitative estimate of drug-likeness (QED) is 0.514. The lowest BCUT2D eigenvalue weighted by Crippen LogP contribution is -2.34. The van der Waals surface area contributed by atoms with Gasteiger partial charge in [-0.15, -0.1) is 11.3 Å². The van der Waals surface area contributed by atoms with Crippen molar-refractivity contribution in [3.63, 3.8) is 0 Å². The van der Waals surface area contributed by atoms with Gasteiger partial charge in [-0.3, -0.25) is 14.2 Å². The van der Waals surface area contributed by atoms with Crippen molar-refractivity contribution in [3.8, 4) is 0 Å². The van der Waals surface area contributed by atoms with E-state index in [2.05, 4.69) is 4.98 Å². The summed E-state index contributed by atoms with van der Waals surface area (Å²) in [5.74, 6) is -0.215. The predicted molar refractivity (Wildman–Crippen MR) is 101 cm³/mol. The Morgan fingerprint density at radius 1 is 1.42 bits per heavy atom. The van der Waals surface area contributed by atoms with E-state index < -0.39 is 0 Å². The molecule has 0 atom stereocenters. The maximum Gasteiger partial charge on any atom is 0.272 e. The normalized spacial score (nSPS) is 11.0. The number of hydrogen-bond donors (Lipinski definition) is 0. The highest BCUT2D eigenvalue weighted by Gasteiger charge is 2.17. The van der Waals surface area contributed by atoms with E-state index in [1.165, 1.54) is 32.6 Å². The Balaban J connectivity index is 1.95. The number of carbonyl (C=O) groups is 1. The van der Waals surface area contributed by atoms with Gasteiger partial charge in [0.1, 0.15) is 11.2 Å². The highest BCUT2D eigenvalue weighted by molar-refractivity contribution is 7.98. The Morgan fingerprint density at radius 3 is 2.92 bits per heavy atom. The molecule has 0 fully saturated rings. The van der Waals surface area contributed by atoms with Crippen molar-refractivity contribution < 1.29 is 4.79 Å². The van der Waals surface area contributed by atoms with Gasteiger partial charge in [-0.25, -0.2) is 4.98 Å². The monoisotopic (exact) mass is 379 g/mol. The van der Waals surface area contributed by atoms with Crippen molar-refractivity contribution in [2.45, 2.75) is 11.7 Å². The summed E-state index contributed by atoms with van der Waals surface area (Å²) >= 11 is 8.65. The van der Waals surface area contributed by atoms with E-state index in [1.807, 2.05) is 17.7 Å². The van der Waals surface area contributed by atoms with Gasteiger partial charge in [0, 0.05) is 17.8 Å². The molecule has 0 unspecified atom stereocenters. The summed E-state index contributed by atoms with van der Waals surface area (Å²) < 4.78 is 1.98. The van der Waals surface area contributed by atoms with Crippen LogP contribution in [0.3, 0.4) is 0 Å². The van der Waals surface area contributed by atoms with Crippen molar-refractivity contribution in [3.05, 3.63) is 51.1 Å². The fraction of sp³-hybridized carbons (Fsp3) is 0.188. The molecule has 8 heteroatoms. The summed E-state index contributed by atoms with van der Waals surface area (Å²) in [5.41, 5.74) is 1.16. The molecule has 2 heterocycles. The molecule has 5 nitrogen and oxygen atoms in total. The van der Waals surface area contributed by atoms with Crippen LogP contribution in [0.1, 0.15) is 0 Å². The summed E-state index contributed by atoms with van der Waals surface area (Å²) in [7, 11) is 1.66. The Morgan fingerprint density at radius 2 is 2.21 bits per heavy atom. The van der Waals surface area contributed by atoms with Crippen LogP contribution in [0, 0.1) is 0 Å². The minimum Gasteiger partial charge on any atom is -0.314 e. The molecule has 0 aliphatic heterocycles. The van der Waals surface area contributed by atoms with Crippen LogP contribution in [0.2, 0.25) is 5.02 Å². The molecule has 3 rings (SSSR count).